The second kappa shape index (κ2) is 7.88. The number of hydrogen-bond acceptors (Lipinski definition) is 5. The number of carbonyl (C=O) groups is 1. The van der Waals surface area contributed by atoms with Crippen LogP contribution in [0.5, 0.6) is 17.2 Å². The highest BCUT2D eigenvalue weighted by Gasteiger charge is 2.12. The van der Waals surface area contributed by atoms with Crippen LogP contribution in [0.2, 0.25) is 0 Å². The molecule has 0 N–H and O–H groups in total. The molecule has 5 nitrogen and oxygen atoms in total. The van der Waals surface area contributed by atoms with Crippen LogP contribution < -0.4 is 14.2 Å². The van der Waals surface area contributed by atoms with Gasteiger partial charge in [-0.05, 0) is 42.0 Å². The van der Waals surface area contributed by atoms with Gasteiger partial charge in [0, 0.05) is 10.5 Å². The van der Waals surface area contributed by atoms with E-state index in [-0.39, 0.29) is 13.4 Å². The molecule has 1 aliphatic heterocycles. The summed E-state index contributed by atoms with van der Waals surface area (Å²) < 4.78 is 22.0. The van der Waals surface area contributed by atoms with Gasteiger partial charge in [0.2, 0.25) is 6.79 Å². The summed E-state index contributed by atoms with van der Waals surface area (Å²) in [6.07, 6.45) is 3.04. The van der Waals surface area contributed by atoms with Gasteiger partial charge in [-0.15, -0.1) is 0 Å². The lowest BCUT2D eigenvalue weighted by Crippen LogP contribution is -2.10. The minimum absolute atomic E-state index is 0.177. The number of esters is 1. The van der Waals surface area contributed by atoms with Crippen LogP contribution >= 0.6 is 15.9 Å². The average Bonchev–Trinajstić information content (AvgIpc) is 3.05. The molecule has 24 heavy (non-hydrogen) atoms. The predicted octanol–water partition coefficient (Wildman–Crippen LogP) is 3.81. The topological polar surface area (TPSA) is 54.0 Å². The smallest absolute Gasteiger partial charge is 0.330 e. The molecule has 0 saturated carbocycles. The highest BCUT2D eigenvalue weighted by Crippen LogP contribution is 2.32. The van der Waals surface area contributed by atoms with Crippen molar-refractivity contribution < 1.29 is 23.7 Å². The number of benzene rings is 2. The molecule has 0 fully saturated rings. The normalized spacial score (nSPS) is 12.4. The van der Waals surface area contributed by atoms with Crippen molar-refractivity contribution in [3.63, 3.8) is 0 Å². The van der Waals surface area contributed by atoms with Crippen LogP contribution in [-0.4, -0.2) is 26.0 Å². The van der Waals surface area contributed by atoms with Crippen molar-refractivity contribution in [2.75, 3.05) is 20.0 Å². The molecule has 1 aliphatic rings. The number of hydrogen-bond donors (Lipinski definition) is 0. The second-order valence-electron chi connectivity index (χ2n) is 4.92. The summed E-state index contributed by atoms with van der Waals surface area (Å²) in [4.78, 5) is 11.7. The minimum Gasteiger partial charge on any atom is -0.490 e. The molecule has 0 bridgehead atoms. The molecule has 1 heterocycles. The van der Waals surface area contributed by atoms with E-state index in [1.165, 1.54) is 6.08 Å². The van der Waals surface area contributed by atoms with Crippen LogP contribution in [-0.2, 0) is 9.53 Å². The van der Waals surface area contributed by atoms with Crippen LogP contribution in [0.1, 0.15) is 5.56 Å². The molecule has 0 aromatic heterocycles. The maximum atomic E-state index is 11.7. The molecular formula is C18H15BrO5. The van der Waals surface area contributed by atoms with Gasteiger partial charge in [-0.25, -0.2) is 4.79 Å². The number of halogens is 1. The molecule has 0 radical (unpaired) electrons. The van der Waals surface area contributed by atoms with Gasteiger partial charge in [0.25, 0.3) is 0 Å². The first-order valence-electron chi connectivity index (χ1n) is 7.33. The third-order valence-corrected chi connectivity index (χ3v) is 3.69. The lowest BCUT2D eigenvalue weighted by atomic mass is 10.2. The Morgan fingerprint density at radius 1 is 1.12 bits per heavy atom. The molecule has 0 aliphatic carbocycles. The standard InChI is InChI=1S/C18H15BrO5/c19-14-2-1-3-15(11-14)21-8-9-22-18(20)7-5-13-4-6-16-17(10-13)24-12-23-16/h1-7,10-11H,8-9,12H2/b7-5+. The van der Waals surface area contributed by atoms with Crippen molar-refractivity contribution in [3.05, 3.63) is 58.6 Å². The van der Waals surface area contributed by atoms with Crippen LogP contribution in [0, 0.1) is 0 Å². The molecule has 0 saturated heterocycles. The Bertz CT molecular complexity index is 757. The van der Waals surface area contributed by atoms with Crippen molar-refractivity contribution >= 4 is 28.0 Å². The highest BCUT2D eigenvalue weighted by atomic mass is 79.9. The first-order valence-corrected chi connectivity index (χ1v) is 8.13. The SMILES string of the molecule is O=C(/C=C/c1ccc2c(c1)OCO2)OCCOc1cccc(Br)c1. The predicted molar refractivity (Wildman–Crippen MR) is 92.2 cm³/mol. The summed E-state index contributed by atoms with van der Waals surface area (Å²) in [6.45, 7) is 0.694. The van der Waals surface area contributed by atoms with E-state index in [9.17, 15) is 4.79 Å². The Kier molecular flexibility index (Phi) is 5.38. The third kappa shape index (κ3) is 4.52. The molecular weight excluding hydrogens is 376 g/mol. The summed E-state index contributed by atoms with van der Waals surface area (Å²) in [5.41, 5.74) is 0.835. The van der Waals surface area contributed by atoms with Gasteiger partial charge in [0.05, 0.1) is 0 Å². The van der Waals surface area contributed by atoms with E-state index < -0.39 is 5.97 Å². The number of rotatable bonds is 6. The lowest BCUT2D eigenvalue weighted by Gasteiger charge is -2.06. The Morgan fingerprint density at radius 3 is 2.88 bits per heavy atom. The first kappa shape index (κ1) is 16.4. The molecule has 0 spiro atoms. The van der Waals surface area contributed by atoms with E-state index in [0.29, 0.717) is 18.1 Å². The summed E-state index contributed by atoms with van der Waals surface area (Å²) >= 11 is 3.36. The summed E-state index contributed by atoms with van der Waals surface area (Å²) in [5.74, 6) is 1.68. The first-order chi connectivity index (χ1) is 11.7. The zero-order valence-electron chi connectivity index (χ0n) is 12.7. The summed E-state index contributed by atoms with van der Waals surface area (Å²) in [5, 5.41) is 0. The van der Waals surface area contributed by atoms with Crippen molar-refractivity contribution in [3.8, 4) is 17.2 Å². The molecule has 2 aromatic carbocycles. The largest absolute Gasteiger partial charge is 0.490 e. The van der Waals surface area contributed by atoms with Gasteiger partial charge in [0.15, 0.2) is 11.5 Å². The monoisotopic (exact) mass is 390 g/mol. The van der Waals surface area contributed by atoms with Gasteiger partial charge in [-0.3, -0.25) is 0 Å². The molecule has 0 amide bonds. The second-order valence-corrected chi connectivity index (χ2v) is 5.84. The zero-order chi connectivity index (χ0) is 16.8. The Hall–Kier alpha value is -2.47. The lowest BCUT2D eigenvalue weighted by molar-refractivity contribution is -0.138. The quantitative estimate of drug-likeness (QED) is 0.426. The maximum absolute atomic E-state index is 11.7. The van der Waals surface area contributed by atoms with E-state index >= 15 is 0 Å². The van der Waals surface area contributed by atoms with Gasteiger partial charge >= 0.3 is 5.97 Å². The van der Waals surface area contributed by atoms with Crippen molar-refractivity contribution in [2.45, 2.75) is 0 Å². The fraction of sp³-hybridized carbons (Fsp3) is 0.167. The third-order valence-electron chi connectivity index (χ3n) is 3.20. The van der Waals surface area contributed by atoms with E-state index in [4.69, 9.17) is 18.9 Å². The fourth-order valence-corrected chi connectivity index (χ4v) is 2.47. The maximum Gasteiger partial charge on any atom is 0.330 e. The van der Waals surface area contributed by atoms with Gasteiger partial charge in [-0.2, -0.15) is 0 Å². The van der Waals surface area contributed by atoms with Gasteiger partial charge < -0.3 is 18.9 Å². The van der Waals surface area contributed by atoms with E-state index in [1.807, 2.05) is 36.4 Å². The van der Waals surface area contributed by atoms with Crippen LogP contribution in [0.4, 0.5) is 0 Å². The molecule has 0 atom stereocenters. The number of carbonyl (C=O) groups excluding carboxylic acids is 1. The minimum atomic E-state index is -0.425. The van der Waals surface area contributed by atoms with Crippen molar-refractivity contribution in [1.82, 2.24) is 0 Å². The average molecular weight is 391 g/mol. The Balaban J connectivity index is 1.42. The van der Waals surface area contributed by atoms with E-state index in [2.05, 4.69) is 15.9 Å². The van der Waals surface area contributed by atoms with Gasteiger partial charge in [-0.1, -0.05) is 28.1 Å². The number of ether oxygens (including phenoxy) is 4. The van der Waals surface area contributed by atoms with Crippen LogP contribution in [0.15, 0.2) is 53.0 Å². The van der Waals surface area contributed by atoms with Crippen LogP contribution in [0.3, 0.4) is 0 Å². The fourth-order valence-electron chi connectivity index (χ4n) is 2.09. The summed E-state index contributed by atoms with van der Waals surface area (Å²) in [7, 11) is 0. The Morgan fingerprint density at radius 2 is 2.00 bits per heavy atom. The van der Waals surface area contributed by atoms with E-state index in [1.54, 1.807) is 12.1 Å². The zero-order valence-corrected chi connectivity index (χ0v) is 14.3. The summed E-state index contributed by atoms with van der Waals surface area (Å²) in [6, 6.07) is 12.9. The van der Waals surface area contributed by atoms with Gasteiger partial charge in [0.1, 0.15) is 19.0 Å². The van der Waals surface area contributed by atoms with E-state index in [0.717, 1.165) is 15.8 Å². The molecule has 3 rings (SSSR count). The highest BCUT2D eigenvalue weighted by molar-refractivity contribution is 9.10. The molecule has 0 unspecified atom stereocenters. The Labute approximate surface area is 147 Å². The molecule has 6 heteroatoms. The van der Waals surface area contributed by atoms with Crippen molar-refractivity contribution in [2.24, 2.45) is 0 Å². The molecule has 2 aromatic rings. The van der Waals surface area contributed by atoms with Crippen LogP contribution in [0.25, 0.3) is 6.08 Å². The van der Waals surface area contributed by atoms with Crippen molar-refractivity contribution in [1.29, 1.82) is 0 Å². The molecule has 124 valence electrons. The number of fused-ring (bicyclic) bond motifs is 1.